The summed E-state index contributed by atoms with van der Waals surface area (Å²) in [6.45, 7) is 5.94. The first-order valence-corrected chi connectivity index (χ1v) is 10.4. The number of amides is 2. The van der Waals surface area contributed by atoms with Crippen molar-refractivity contribution in [2.45, 2.75) is 31.8 Å². The number of carbonyl (C=O) groups excluding carboxylic acids is 2. The maximum atomic E-state index is 12.9. The SMILES string of the molecule is Cc1ccc([C@@]2(O)CCN(C(=O)C3CN(C(=O)C4CCN(C)CC4)C3)C2)cc1. The minimum atomic E-state index is -0.962. The predicted molar refractivity (Wildman–Crippen MR) is 107 cm³/mol. The van der Waals surface area contributed by atoms with Crippen LogP contribution in [0.25, 0.3) is 0 Å². The van der Waals surface area contributed by atoms with Gasteiger partial charge in [-0.1, -0.05) is 29.8 Å². The quantitative estimate of drug-likeness (QED) is 0.850. The molecule has 3 fully saturated rings. The second-order valence-corrected chi connectivity index (χ2v) is 8.93. The van der Waals surface area contributed by atoms with Gasteiger partial charge in [-0.05, 0) is 51.9 Å². The van der Waals surface area contributed by atoms with Gasteiger partial charge in [-0.3, -0.25) is 9.59 Å². The number of aryl methyl sites for hydroxylation is 1. The molecule has 6 nitrogen and oxygen atoms in total. The third-order valence-electron chi connectivity index (χ3n) is 6.76. The van der Waals surface area contributed by atoms with E-state index in [1.54, 1.807) is 4.90 Å². The molecule has 3 aliphatic rings. The van der Waals surface area contributed by atoms with Gasteiger partial charge in [0.05, 0.1) is 12.5 Å². The summed E-state index contributed by atoms with van der Waals surface area (Å²) in [5.41, 5.74) is 1.07. The fourth-order valence-electron chi connectivity index (χ4n) is 4.67. The minimum Gasteiger partial charge on any atom is -0.383 e. The topological polar surface area (TPSA) is 64.1 Å². The first-order valence-electron chi connectivity index (χ1n) is 10.4. The zero-order chi connectivity index (χ0) is 19.9. The highest BCUT2D eigenvalue weighted by Gasteiger charge is 2.45. The van der Waals surface area contributed by atoms with Crippen LogP contribution in [0.4, 0.5) is 0 Å². The number of rotatable bonds is 3. The first kappa shape index (κ1) is 19.4. The molecule has 3 saturated heterocycles. The highest BCUT2D eigenvalue weighted by molar-refractivity contribution is 5.85. The summed E-state index contributed by atoms with van der Waals surface area (Å²) in [5.74, 6) is 0.298. The maximum Gasteiger partial charge on any atom is 0.229 e. The predicted octanol–water partition coefficient (Wildman–Crippen LogP) is 1.22. The Morgan fingerprint density at radius 1 is 0.964 bits per heavy atom. The Morgan fingerprint density at radius 3 is 2.21 bits per heavy atom. The molecule has 2 amide bonds. The molecule has 4 rings (SSSR count). The number of benzene rings is 1. The van der Waals surface area contributed by atoms with Crippen molar-refractivity contribution in [2.75, 3.05) is 46.3 Å². The smallest absolute Gasteiger partial charge is 0.229 e. The molecule has 0 aliphatic carbocycles. The molecule has 1 atom stereocenters. The molecule has 0 spiro atoms. The largest absolute Gasteiger partial charge is 0.383 e. The molecule has 0 radical (unpaired) electrons. The highest BCUT2D eigenvalue weighted by atomic mass is 16.3. The van der Waals surface area contributed by atoms with Crippen LogP contribution in [0.15, 0.2) is 24.3 Å². The van der Waals surface area contributed by atoms with Crippen LogP contribution in [0.3, 0.4) is 0 Å². The molecule has 28 heavy (non-hydrogen) atoms. The fourth-order valence-corrected chi connectivity index (χ4v) is 4.67. The average Bonchev–Trinajstić information content (AvgIpc) is 3.05. The lowest BCUT2D eigenvalue weighted by Crippen LogP contribution is -2.58. The Morgan fingerprint density at radius 2 is 1.57 bits per heavy atom. The van der Waals surface area contributed by atoms with Gasteiger partial charge in [-0.2, -0.15) is 0 Å². The second kappa shape index (κ2) is 7.48. The molecule has 0 saturated carbocycles. The van der Waals surface area contributed by atoms with Crippen LogP contribution >= 0.6 is 0 Å². The molecule has 1 N–H and O–H groups in total. The lowest BCUT2D eigenvalue weighted by molar-refractivity contribution is -0.151. The summed E-state index contributed by atoms with van der Waals surface area (Å²) >= 11 is 0. The zero-order valence-electron chi connectivity index (χ0n) is 16.9. The standard InChI is InChI=1S/C22H31N3O3/c1-16-3-5-19(6-4-16)22(28)9-12-24(15-22)21(27)18-13-25(14-18)20(26)17-7-10-23(2)11-8-17/h3-6,17-18,28H,7-15H2,1-2H3/t22-/m1/s1. The lowest BCUT2D eigenvalue weighted by atomic mass is 9.91. The monoisotopic (exact) mass is 385 g/mol. The molecule has 3 heterocycles. The number of aliphatic hydroxyl groups is 1. The van der Waals surface area contributed by atoms with Gasteiger partial charge < -0.3 is 19.8 Å². The summed E-state index contributed by atoms with van der Waals surface area (Å²) in [6.07, 6.45) is 2.40. The normalized spacial score (nSPS) is 27.1. The number of piperidine rings is 1. The molecule has 0 unspecified atom stereocenters. The Balaban J connectivity index is 1.29. The number of likely N-dealkylation sites (tertiary alicyclic amines) is 3. The van der Waals surface area contributed by atoms with E-state index < -0.39 is 5.60 Å². The summed E-state index contributed by atoms with van der Waals surface area (Å²) in [4.78, 5) is 31.4. The molecular formula is C22H31N3O3. The van der Waals surface area contributed by atoms with Crippen molar-refractivity contribution in [3.8, 4) is 0 Å². The van der Waals surface area contributed by atoms with Crippen LogP contribution < -0.4 is 0 Å². The van der Waals surface area contributed by atoms with Gasteiger partial charge in [-0.15, -0.1) is 0 Å². The summed E-state index contributed by atoms with van der Waals surface area (Å²) in [6, 6.07) is 7.90. The highest BCUT2D eigenvalue weighted by Crippen LogP contribution is 2.34. The van der Waals surface area contributed by atoms with Gasteiger partial charge in [-0.25, -0.2) is 0 Å². The first-order chi connectivity index (χ1) is 13.4. The van der Waals surface area contributed by atoms with Crippen LogP contribution in [-0.2, 0) is 15.2 Å². The Labute approximate surface area is 167 Å². The van der Waals surface area contributed by atoms with Crippen LogP contribution in [0.2, 0.25) is 0 Å². The number of nitrogens with zero attached hydrogens (tertiary/aromatic N) is 3. The van der Waals surface area contributed by atoms with Gasteiger partial charge in [0.1, 0.15) is 5.60 Å². The molecule has 1 aromatic carbocycles. The van der Waals surface area contributed by atoms with Crippen molar-refractivity contribution in [3.05, 3.63) is 35.4 Å². The van der Waals surface area contributed by atoms with E-state index in [9.17, 15) is 14.7 Å². The Bertz CT molecular complexity index is 736. The third-order valence-corrected chi connectivity index (χ3v) is 6.76. The fraction of sp³-hybridized carbons (Fsp3) is 0.636. The summed E-state index contributed by atoms with van der Waals surface area (Å²) in [5, 5.41) is 11.0. The lowest BCUT2D eigenvalue weighted by Gasteiger charge is -2.42. The third kappa shape index (κ3) is 3.67. The van der Waals surface area contributed by atoms with Crippen LogP contribution in [0.5, 0.6) is 0 Å². The number of hydrogen-bond donors (Lipinski definition) is 1. The van der Waals surface area contributed by atoms with E-state index in [0.29, 0.717) is 32.6 Å². The van der Waals surface area contributed by atoms with E-state index in [1.165, 1.54) is 0 Å². The van der Waals surface area contributed by atoms with E-state index in [1.807, 2.05) is 36.1 Å². The van der Waals surface area contributed by atoms with Crippen molar-refractivity contribution >= 4 is 11.8 Å². The van der Waals surface area contributed by atoms with Crippen molar-refractivity contribution in [1.29, 1.82) is 0 Å². The number of carbonyl (C=O) groups is 2. The van der Waals surface area contributed by atoms with E-state index in [4.69, 9.17) is 0 Å². The van der Waals surface area contributed by atoms with Crippen LogP contribution in [0.1, 0.15) is 30.4 Å². The number of β-amino-alcohol motifs (C(OH)–C–C–N with tert-alkyl or cyclic N) is 1. The van der Waals surface area contributed by atoms with Gasteiger partial charge in [0.25, 0.3) is 0 Å². The maximum absolute atomic E-state index is 12.9. The second-order valence-electron chi connectivity index (χ2n) is 8.93. The zero-order valence-corrected chi connectivity index (χ0v) is 16.9. The Kier molecular flexibility index (Phi) is 5.19. The van der Waals surface area contributed by atoms with Crippen molar-refractivity contribution < 1.29 is 14.7 Å². The van der Waals surface area contributed by atoms with Crippen molar-refractivity contribution in [1.82, 2.24) is 14.7 Å². The van der Waals surface area contributed by atoms with Crippen LogP contribution in [0, 0.1) is 18.8 Å². The summed E-state index contributed by atoms with van der Waals surface area (Å²) < 4.78 is 0. The molecule has 6 heteroatoms. The molecule has 0 bridgehead atoms. The molecule has 1 aromatic rings. The molecule has 0 aromatic heterocycles. The molecular weight excluding hydrogens is 354 g/mol. The molecule has 152 valence electrons. The minimum absolute atomic E-state index is 0.0791. The summed E-state index contributed by atoms with van der Waals surface area (Å²) in [7, 11) is 2.09. The number of hydrogen-bond acceptors (Lipinski definition) is 4. The van der Waals surface area contributed by atoms with Crippen molar-refractivity contribution in [2.24, 2.45) is 11.8 Å². The van der Waals surface area contributed by atoms with E-state index >= 15 is 0 Å². The molecule has 3 aliphatic heterocycles. The van der Waals surface area contributed by atoms with Crippen LogP contribution in [-0.4, -0.2) is 77.9 Å². The average molecular weight is 386 g/mol. The van der Waals surface area contributed by atoms with E-state index in [2.05, 4.69) is 11.9 Å². The van der Waals surface area contributed by atoms with E-state index in [0.717, 1.165) is 37.1 Å². The van der Waals surface area contributed by atoms with E-state index in [-0.39, 0.29) is 23.7 Å². The Hall–Kier alpha value is -1.92. The van der Waals surface area contributed by atoms with Gasteiger partial charge in [0, 0.05) is 25.6 Å². The van der Waals surface area contributed by atoms with Gasteiger partial charge in [0.15, 0.2) is 0 Å². The van der Waals surface area contributed by atoms with Gasteiger partial charge in [0.2, 0.25) is 11.8 Å². The van der Waals surface area contributed by atoms with Gasteiger partial charge >= 0.3 is 0 Å². The van der Waals surface area contributed by atoms with Crippen molar-refractivity contribution in [3.63, 3.8) is 0 Å².